The first-order valence-electron chi connectivity index (χ1n) is 10.8. The number of nitrogens with zero attached hydrogens (tertiary/aromatic N) is 2. The average Bonchev–Trinajstić information content (AvgIpc) is 3.24. The molecule has 8 heteroatoms. The van der Waals surface area contributed by atoms with Crippen molar-refractivity contribution in [3.05, 3.63) is 53.5 Å². The number of aromatic nitrogens is 1. The van der Waals surface area contributed by atoms with Crippen LogP contribution in [0.15, 0.2) is 40.9 Å². The van der Waals surface area contributed by atoms with Crippen LogP contribution in [0.2, 0.25) is 0 Å². The zero-order valence-electron chi connectivity index (χ0n) is 18.1. The summed E-state index contributed by atoms with van der Waals surface area (Å²) in [6.45, 7) is 2.82. The lowest BCUT2D eigenvalue weighted by atomic mass is 9.92. The van der Waals surface area contributed by atoms with E-state index in [1.54, 1.807) is 24.3 Å². The lowest BCUT2D eigenvalue weighted by Gasteiger charge is -2.30. The Morgan fingerprint density at radius 3 is 2.78 bits per heavy atom. The third-order valence-electron chi connectivity index (χ3n) is 5.93. The maximum atomic E-state index is 13.4. The van der Waals surface area contributed by atoms with Gasteiger partial charge in [0.15, 0.2) is 17.3 Å². The van der Waals surface area contributed by atoms with Crippen LogP contribution in [0.25, 0.3) is 10.9 Å². The van der Waals surface area contributed by atoms with Crippen molar-refractivity contribution in [1.82, 2.24) is 10.1 Å². The van der Waals surface area contributed by atoms with Crippen molar-refractivity contribution in [2.45, 2.75) is 25.2 Å². The number of ether oxygens (including phenoxy) is 2. The van der Waals surface area contributed by atoms with Gasteiger partial charge in [-0.2, -0.15) is 0 Å². The summed E-state index contributed by atoms with van der Waals surface area (Å²) in [4.78, 5) is 14.0. The molecule has 170 valence electrons. The number of halogens is 1. The first kappa shape index (κ1) is 22.2. The average molecular weight is 442 g/mol. The number of carbonyl (C=O) groups excluding carboxylic acids is 1. The van der Waals surface area contributed by atoms with E-state index < -0.39 is 6.61 Å². The molecule has 0 saturated carbocycles. The Balaban J connectivity index is 1.24. The number of methoxy groups -OCH3 is 1. The summed E-state index contributed by atoms with van der Waals surface area (Å²) in [5.41, 5.74) is 0.966. The monoisotopic (exact) mass is 442 g/mol. The molecule has 4 rings (SSSR count). The van der Waals surface area contributed by atoms with E-state index in [1.807, 2.05) is 0 Å². The van der Waals surface area contributed by atoms with Gasteiger partial charge in [-0.1, -0.05) is 5.16 Å². The van der Waals surface area contributed by atoms with Crippen LogP contribution >= 0.6 is 0 Å². The van der Waals surface area contributed by atoms with Gasteiger partial charge < -0.3 is 24.0 Å². The summed E-state index contributed by atoms with van der Waals surface area (Å²) in [6, 6.07) is 9.51. The number of aliphatic hydroxyl groups excluding tert-OH is 1. The van der Waals surface area contributed by atoms with Crippen molar-refractivity contribution in [3.8, 4) is 11.5 Å². The molecular formula is C24H27FN2O5. The van der Waals surface area contributed by atoms with Crippen molar-refractivity contribution >= 4 is 16.7 Å². The van der Waals surface area contributed by atoms with Gasteiger partial charge in [0.2, 0.25) is 0 Å². The molecule has 7 nitrogen and oxygen atoms in total. The maximum Gasteiger partial charge on any atom is 0.188 e. The number of likely N-dealkylation sites (tertiary alicyclic amines) is 1. The van der Waals surface area contributed by atoms with E-state index >= 15 is 0 Å². The maximum absolute atomic E-state index is 13.4. The Morgan fingerprint density at radius 1 is 1.22 bits per heavy atom. The lowest BCUT2D eigenvalue weighted by Crippen LogP contribution is -2.34. The van der Waals surface area contributed by atoms with Crippen LogP contribution in [0.3, 0.4) is 0 Å². The highest BCUT2D eigenvalue weighted by Gasteiger charge is 2.25. The second-order valence-corrected chi connectivity index (χ2v) is 7.97. The first-order chi connectivity index (χ1) is 15.6. The fourth-order valence-corrected chi connectivity index (χ4v) is 4.17. The Bertz CT molecular complexity index is 1080. The van der Waals surface area contributed by atoms with Gasteiger partial charge in [-0.25, -0.2) is 4.39 Å². The molecule has 1 aromatic heterocycles. The van der Waals surface area contributed by atoms with E-state index in [1.165, 1.54) is 19.2 Å². The van der Waals surface area contributed by atoms with Gasteiger partial charge in [-0.15, -0.1) is 0 Å². The van der Waals surface area contributed by atoms with E-state index in [2.05, 4.69) is 10.1 Å². The minimum Gasteiger partial charge on any atom is -0.493 e. The Kier molecular flexibility index (Phi) is 7.02. The second kappa shape index (κ2) is 10.1. The molecule has 0 radical (unpaired) electrons. The number of piperidine rings is 1. The Morgan fingerprint density at radius 2 is 2.03 bits per heavy atom. The van der Waals surface area contributed by atoms with E-state index in [0.29, 0.717) is 35.1 Å². The summed E-state index contributed by atoms with van der Waals surface area (Å²) in [7, 11) is 1.52. The molecule has 0 atom stereocenters. The van der Waals surface area contributed by atoms with Gasteiger partial charge in [0, 0.05) is 29.5 Å². The van der Waals surface area contributed by atoms with Crippen LogP contribution < -0.4 is 9.47 Å². The molecule has 1 saturated heterocycles. The smallest absolute Gasteiger partial charge is 0.188 e. The molecule has 1 N–H and O–H groups in total. The molecule has 0 spiro atoms. The van der Waals surface area contributed by atoms with Crippen LogP contribution in [-0.2, 0) is 0 Å². The summed E-state index contributed by atoms with van der Waals surface area (Å²) in [5.74, 6) is 1.55. The number of ketones is 1. The van der Waals surface area contributed by atoms with Crippen molar-refractivity contribution in [2.24, 2.45) is 0 Å². The standard InChI is InChI=1S/C24H27FN2O5/c1-30-23-13-17(21(29)15-28)3-6-22(23)31-12-2-9-27-10-7-16(8-11-27)24-19-5-4-18(25)14-20(19)26-32-24/h3-6,13-14,16,28H,2,7-12,15H2,1H3. The molecule has 1 fully saturated rings. The Labute approximate surface area is 185 Å². The molecule has 0 aliphatic carbocycles. The predicted molar refractivity (Wildman–Crippen MR) is 117 cm³/mol. The summed E-state index contributed by atoms with van der Waals surface area (Å²) >= 11 is 0. The summed E-state index contributed by atoms with van der Waals surface area (Å²) < 4.78 is 30.1. The highest BCUT2D eigenvalue weighted by Crippen LogP contribution is 2.33. The highest BCUT2D eigenvalue weighted by molar-refractivity contribution is 5.97. The normalized spacial score (nSPS) is 15.2. The first-order valence-corrected chi connectivity index (χ1v) is 10.8. The van der Waals surface area contributed by atoms with E-state index in [4.69, 9.17) is 19.1 Å². The SMILES string of the molecule is COc1cc(C(=O)CO)ccc1OCCCN1CCC(c2onc3cc(F)ccc23)CC1. The molecule has 2 heterocycles. The van der Waals surface area contributed by atoms with Gasteiger partial charge in [-0.3, -0.25) is 4.79 Å². The minimum atomic E-state index is -0.536. The molecule has 1 aliphatic heterocycles. The topological polar surface area (TPSA) is 85.0 Å². The number of aliphatic hydroxyl groups is 1. The Hall–Kier alpha value is -2.97. The third kappa shape index (κ3) is 4.92. The highest BCUT2D eigenvalue weighted by atomic mass is 19.1. The number of hydrogen-bond donors (Lipinski definition) is 1. The van der Waals surface area contributed by atoms with Crippen molar-refractivity contribution in [3.63, 3.8) is 0 Å². The summed E-state index contributed by atoms with van der Waals surface area (Å²) in [6.07, 6.45) is 2.79. The van der Waals surface area contributed by atoms with Crippen LogP contribution in [0.5, 0.6) is 11.5 Å². The van der Waals surface area contributed by atoms with Gasteiger partial charge in [0.1, 0.15) is 23.7 Å². The van der Waals surface area contributed by atoms with Crippen molar-refractivity contribution < 1.29 is 28.3 Å². The van der Waals surface area contributed by atoms with Gasteiger partial charge in [0.05, 0.1) is 13.7 Å². The van der Waals surface area contributed by atoms with Crippen molar-refractivity contribution in [2.75, 3.05) is 40.0 Å². The zero-order chi connectivity index (χ0) is 22.5. The summed E-state index contributed by atoms with van der Waals surface area (Å²) in [5, 5.41) is 13.9. The number of hydrogen-bond acceptors (Lipinski definition) is 7. The lowest BCUT2D eigenvalue weighted by molar-refractivity contribution is 0.0903. The van der Waals surface area contributed by atoms with Crippen LogP contribution in [-0.4, -0.2) is 60.9 Å². The molecular weight excluding hydrogens is 415 g/mol. The number of fused-ring (bicyclic) bond motifs is 1. The fraction of sp³-hybridized carbons (Fsp3) is 0.417. The fourth-order valence-electron chi connectivity index (χ4n) is 4.17. The number of rotatable bonds is 9. The van der Waals surface area contributed by atoms with Crippen molar-refractivity contribution in [1.29, 1.82) is 0 Å². The molecule has 0 bridgehead atoms. The van der Waals surface area contributed by atoms with E-state index in [-0.39, 0.29) is 11.6 Å². The number of Topliss-reactive ketones (excluding diaryl/α,β-unsaturated/α-hetero) is 1. The number of carbonyl (C=O) groups is 1. The van der Waals surface area contributed by atoms with Gasteiger partial charge >= 0.3 is 0 Å². The molecule has 32 heavy (non-hydrogen) atoms. The second-order valence-electron chi connectivity index (χ2n) is 7.97. The van der Waals surface area contributed by atoms with Gasteiger partial charge in [-0.05, 0) is 62.7 Å². The van der Waals surface area contributed by atoms with E-state index in [0.717, 1.165) is 50.0 Å². The predicted octanol–water partition coefficient (Wildman–Crippen LogP) is 3.80. The minimum absolute atomic E-state index is 0.294. The molecule has 2 aromatic carbocycles. The molecule has 0 amide bonds. The largest absolute Gasteiger partial charge is 0.493 e. The number of benzene rings is 2. The third-order valence-corrected chi connectivity index (χ3v) is 5.93. The van der Waals surface area contributed by atoms with Crippen LogP contribution in [0, 0.1) is 5.82 Å². The quantitative estimate of drug-likeness (QED) is 0.399. The molecule has 1 aliphatic rings. The van der Waals surface area contributed by atoms with Crippen LogP contribution in [0.4, 0.5) is 4.39 Å². The van der Waals surface area contributed by atoms with Crippen LogP contribution in [0.1, 0.15) is 41.3 Å². The zero-order valence-corrected chi connectivity index (χ0v) is 18.1. The van der Waals surface area contributed by atoms with E-state index in [9.17, 15) is 9.18 Å². The molecule has 0 unspecified atom stereocenters. The molecule has 3 aromatic rings. The van der Waals surface area contributed by atoms with Gasteiger partial charge in [0.25, 0.3) is 0 Å².